The fourth-order valence-electron chi connectivity index (χ4n) is 2.28. The van der Waals surface area contributed by atoms with Crippen LogP contribution in [-0.2, 0) is 16.1 Å². The minimum absolute atomic E-state index is 0.123. The first-order valence-electron chi connectivity index (χ1n) is 7.73. The van der Waals surface area contributed by atoms with Gasteiger partial charge in [0.05, 0.1) is 0 Å². The second-order valence-corrected chi connectivity index (χ2v) is 5.51. The van der Waals surface area contributed by atoms with E-state index in [0.717, 1.165) is 5.56 Å². The van der Waals surface area contributed by atoms with E-state index in [4.69, 9.17) is 14.2 Å². The van der Waals surface area contributed by atoms with Crippen LogP contribution in [-0.4, -0.2) is 37.3 Å². The highest BCUT2D eigenvalue weighted by Gasteiger charge is 2.17. The Morgan fingerprint density at radius 2 is 1.88 bits per heavy atom. The Labute approximate surface area is 145 Å². The van der Waals surface area contributed by atoms with E-state index in [-0.39, 0.29) is 25.9 Å². The van der Waals surface area contributed by atoms with Crippen molar-refractivity contribution in [3.05, 3.63) is 54.1 Å². The van der Waals surface area contributed by atoms with Gasteiger partial charge in [-0.3, -0.25) is 4.79 Å². The van der Waals surface area contributed by atoms with Gasteiger partial charge >= 0.3 is 6.09 Å². The summed E-state index contributed by atoms with van der Waals surface area (Å²) in [6.07, 6.45) is -0.565. The number of nitrogens with one attached hydrogen (secondary N) is 1. The molecule has 0 aliphatic carbocycles. The molecule has 0 unspecified atom stereocenters. The number of hydrogen-bond acceptors (Lipinski definition) is 5. The predicted octanol–water partition coefficient (Wildman–Crippen LogP) is 2.62. The fraction of sp³-hybridized carbons (Fsp3) is 0.222. The van der Waals surface area contributed by atoms with E-state index in [1.807, 2.05) is 30.3 Å². The Morgan fingerprint density at radius 1 is 1.12 bits per heavy atom. The van der Waals surface area contributed by atoms with E-state index in [1.165, 1.54) is 11.9 Å². The van der Waals surface area contributed by atoms with Crippen molar-refractivity contribution in [2.24, 2.45) is 0 Å². The Balaban J connectivity index is 1.47. The van der Waals surface area contributed by atoms with Crippen LogP contribution < -0.4 is 14.8 Å². The van der Waals surface area contributed by atoms with Gasteiger partial charge in [0.1, 0.15) is 13.2 Å². The summed E-state index contributed by atoms with van der Waals surface area (Å²) in [6.45, 7) is 0.207. The first kappa shape index (κ1) is 16.6. The van der Waals surface area contributed by atoms with Gasteiger partial charge in [0.25, 0.3) is 0 Å². The van der Waals surface area contributed by atoms with Crippen LogP contribution in [0.4, 0.5) is 10.5 Å². The molecular formula is C18H18N2O5. The van der Waals surface area contributed by atoms with Gasteiger partial charge in [-0.05, 0) is 17.7 Å². The summed E-state index contributed by atoms with van der Waals surface area (Å²) in [6, 6.07) is 14.4. The lowest BCUT2D eigenvalue weighted by molar-refractivity contribution is -0.116. The molecule has 130 valence electrons. The quantitative estimate of drug-likeness (QED) is 0.904. The molecule has 0 bridgehead atoms. The maximum Gasteiger partial charge on any atom is 0.410 e. The SMILES string of the molecule is CN(CC(=O)Nc1ccc2c(c1)OCO2)C(=O)OCc1ccccc1. The topological polar surface area (TPSA) is 77.1 Å². The van der Waals surface area contributed by atoms with Crippen molar-refractivity contribution in [1.29, 1.82) is 0 Å². The highest BCUT2D eigenvalue weighted by molar-refractivity contribution is 5.94. The molecule has 2 aromatic carbocycles. The summed E-state index contributed by atoms with van der Waals surface area (Å²) < 4.78 is 15.6. The van der Waals surface area contributed by atoms with Gasteiger partial charge in [0.15, 0.2) is 11.5 Å². The van der Waals surface area contributed by atoms with Crippen molar-refractivity contribution >= 4 is 17.7 Å². The van der Waals surface area contributed by atoms with Crippen LogP contribution >= 0.6 is 0 Å². The monoisotopic (exact) mass is 342 g/mol. The zero-order valence-corrected chi connectivity index (χ0v) is 13.7. The van der Waals surface area contributed by atoms with Gasteiger partial charge in [0, 0.05) is 18.8 Å². The van der Waals surface area contributed by atoms with Gasteiger partial charge in [-0.15, -0.1) is 0 Å². The lowest BCUT2D eigenvalue weighted by atomic mass is 10.2. The molecule has 3 rings (SSSR count). The van der Waals surface area contributed by atoms with Gasteiger partial charge < -0.3 is 24.4 Å². The van der Waals surface area contributed by atoms with Crippen molar-refractivity contribution in [3.8, 4) is 11.5 Å². The summed E-state index contributed by atoms with van der Waals surface area (Å²) in [7, 11) is 1.51. The summed E-state index contributed by atoms with van der Waals surface area (Å²) >= 11 is 0. The van der Waals surface area contributed by atoms with Crippen LogP contribution in [0.15, 0.2) is 48.5 Å². The van der Waals surface area contributed by atoms with Gasteiger partial charge in [-0.1, -0.05) is 30.3 Å². The van der Waals surface area contributed by atoms with Crippen LogP contribution in [0.2, 0.25) is 0 Å². The smallest absolute Gasteiger partial charge is 0.410 e. The van der Waals surface area contributed by atoms with Gasteiger partial charge in [-0.25, -0.2) is 4.79 Å². The lowest BCUT2D eigenvalue weighted by Gasteiger charge is -2.16. The molecule has 2 aromatic rings. The Hall–Kier alpha value is -3.22. The van der Waals surface area contributed by atoms with Crippen molar-refractivity contribution in [2.45, 2.75) is 6.61 Å². The lowest BCUT2D eigenvalue weighted by Crippen LogP contribution is -2.35. The third-order valence-corrected chi connectivity index (χ3v) is 3.55. The molecule has 1 N–H and O–H groups in total. The summed E-state index contributed by atoms with van der Waals surface area (Å²) in [5.74, 6) is 0.881. The summed E-state index contributed by atoms with van der Waals surface area (Å²) in [4.78, 5) is 25.2. The molecule has 1 aliphatic rings. The number of ether oxygens (including phenoxy) is 3. The van der Waals surface area contributed by atoms with E-state index < -0.39 is 6.09 Å². The van der Waals surface area contributed by atoms with Crippen LogP contribution in [0.3, 0.4) is 0 Å². The standard InChI is InChI=1S/C18H18N2O5/c1-20(18(22)23-11-13-5-3-2-4-6-13)10-17(21)19-14-7-8-15-16(9-14)25-12-24-15/h2-9H,10-12H2,1H3,(H,19,21). The van der Waals surface area contributed by atoms with Crippen LogP contribution in [0, 0.1) is 0 Å². The number of anilines is 1. The number of nitrogens with zero attached hydrogens (tertiary/aromatic N) is 1. The molecule has 0 atom stereocenters. The molecule has 0 aromatic heterocycles. The zero-order chi connectivity index (χ0) is 17.6. The summed E-state index contributed by atoms with van der Waals surface area (Å²) in [5, 5.41) is 2.71. The number of rotatable bonds is 5. The van der Waals surface area contributed by atoms with Crippen molar-refractivity contribution < 1.29 is 23.8 Å². The zero-order valence-electron chi connectivity index (χ0n) is 13.7. The minimum Gasteiger partial charge on any atom is -0.454 e. The molecule has 7 nitrogen and oxygen atoms in total. The Bertz CT molecular complexity index is 763. The highest BCUT2D eigenvalue weighted by Crippen LogP contribution is 2.34. The molecular weight excluding hydrogens is 324 g/mol. The van der Waals surface area contributed by atoms with Crippen LogP contribution in [0.1, 0.15) is 5.56 Å². The molecule has 1 aliphatic heterocycles. The van der Waals surface area contributed by atoms with Gasteiger partial charge in [0.2, 0.25) is 12.7 Å². The number of carbonyl (C=O) groups excluding carboxylic acids is 2. The van der Waals surface area contributed by atoms with E-state index >= 15 is 0 Å². The number of carbonyl (C=O) groups is 2. The maximum absolute atomic E-state index is 12.1. The maximum atomic E-state index is 12.1. The van der Waals surface area contributed by atoms with Crippen molar-refractivity contribution in [3.63, 3.8) is 0 Å². The molecule has 0 spiro atoms. The molecule has 2 amide bonds. The minimum atomic E-state index is -0.565. The molecule has 0 saturated heterocycles. The second kappa shape index (κ2) is 7.57. The average Bonchev–Trinajstić information content (AvgIpc) is 3.08. The molecule has 1 heterocycles. The fourth-order valence-corrected chi connectivity index (χ4v) is 2.28. The van der Waals surface area contributed by atoms with E-state index in [1.54, 1.807) is 18.2 Å². The first-order chi connectivity index (χ1) is 12.1. The number of amides is 2. The average molecular weight is 342 g/mol. The first-order valence-corrected chi connectivity index (χ1v) is 7.73. The third-order valence-electron chi connectivity index (χ3n) is 3.55. The molecule has 7 heteroatoms. The number of fused-ring (bicyclic) bond motifs is 1. The van der Waals surface area contributed by atoms with Crippen LogP contribution in [0.25, 0.3) is 0 Å². The van der Waals surface area contributed by atoms with Crippen molar-refractivity contribution in [2.75, 3.05) is 25.7 Å². The Kier molecular flexibility index (Phi) is 5.03. The van der Waals surface area contributed by atoms with E-state index in [2.05, 4.69) is 5.32 Å². The van der Waals surface area contributed by atoms with Crippen LogP contribution in [0.5, 0.6) is 11.5 Å². The second-order valence-electron chi connectivity index (χ2n) is 5.51. The number of hydrogen-bond donors (Lipinski definition) is 1. The van der Waals surface area contributed by atoms with Crippen molar-refractivity contribution in [1.82, 2.24) is 4.90 Å². The van der Waals surface area contributed by atoms with Gasteiger partial charge in [-0.2, -0.15) is 0 Å². The predicted molar refractivity (Wildman–Crippen MR) is 90.5 cm³/mol. The van der Waals surface area contributed by atoms with E-state index in [9.17, 15) is 9.59 Å². The number of likely N-dealkylation sites (N-methyl/N-ethyl adjacent to an activating group) is 1. The third kappa shape index (κ3) is 4.41. The molecule has 0 radical (unpaired) electrons. The number of benzene rings is 2. The largest absolute Gasteiger partial charge is 0.454 e. The molecule has 0 saturated carbocycles. The summed E-state index contributed by atoms with van der Waals surface area (Å²) in [5.41, 5.74) is 1.45. The highest BCUT2D eigenvalue weighted by atomic mass is 16.7. The normalized spacial score (nSPS) is 11.7. The molecule has 0 fully saturated rings. The Morgan fingerprint density at radius 3 is 2.68 bits per heavy atom. The molecule has 25 heavy (non-hydrogen) atoms. The van der Waals surface area contributed by atoms with E-state index in [0.29, 0.717) is 17.2 Å².